The van der Waals surface area contributed by atoms with E-state index in [2.05, 4.69) is 21.3 Å². The molecular formula is C64H82ClN9O18. The lowest BCUT2D eigenvalue weighted by molar-refractivity contribution is -0.138. The van der Waals surface area contributed by atoms with Crippen LogP contribution in [0.1, 0.15) is 69.4 Å². The highest BCUT2D eigenvalue weighted by atomic mass is 35.5. The molecule has 92 heavy (non-hydrogen) atoms. The molecule has 3 saturated carbocycles. The topological polar surface area (TPSA) is 332 Å². The number of rotatable bonds is 37. The Morgan fingerprint density at radius 2 is 1.30 bits per heavy atom. The second kappa shape index (κ2) is 31.7. The van der Waals surface area contributed by atoms with Crippen molar-refractivity contribution in [3.8, 4) is 5.75 Å². The van der Waals surface area contributed by atoms with Gasteiger partial charge in [-0.2, -0.15) is 0 Å². The molecule has 6 aliphatic rings. The largest absolute Gasteiger partial charge is 0.445 e. The van der Waals surface area contributed by atoms with Gasteiger partial charge in [0.2, 0.25) is 23.6 Å². The van der Waals surface area contributed by atoms with Crippen molar-refractivity contribution in [2.24, 2.45) is 27.9 Å². The molecule has 6 atom stereocenters. The zero-order valence-electron chi connectivity index (χ0n) is 51.9. The van der Waals surface area contributed by atoms with Crippen LogP contribution in [-0.4, -0.2) is 218 Å². The van der Waals surface area contributed by atoms with E-state index in [1.165, 1.54) is 22.0 Å². The van der Waals surface area contributed by atoms with Gasteiger partial charge < -0.3 is 84.4 Å². The molecule has 0 bridgehead atoms. The normalized spacial score (nSPS) is 21.4. The summed E-state index contributed by atoms with van der Waals surface area (Å²) in [5.41, 5.74) is 6.76. The number of aldehydes is 1. The summed E-state index contributed by atoms with van der Waals surface area (Å²) in [7, 11) is 0. The first kappa shape index (κ1) is 68.6. The number of benzene rings is 3. The van der Waals surface area contributed by atoms with Gasteiger partial charge in [0.05, 0.1) is 96.9 Å². The van der Waals surface area contributed by atoms with Crippen molar-refractivity contribution in [1.82, 2.24) is 30.7 Å². The van der Waals surface area contributed by atoms with E-state index in [1.54, 1.807) is 49.1 Å². The maximum atomic E-state index is 14.3. The second-order valence-electron chi connectivity index (χ2n) is 24.0. The van der Waals surface area contributed by atoms with Crippen LogP contribution >= 0.6 is 11.6 Å². The molecule has 6 N–H and O–H groups in total. The summed E-state index contributed by atoms with van der Waals surface area (Å²) in [6.07, 6.45) is 4.70. The smallest absolute Gasteiger partial charge is 0.415 e. The molecule has 0 aromatic heterocycles. The number of nitrogens with one attached hydrogen (secondary N) is 4. The van der Waals surface area contributed by atoms with Crippen molar-refractivity contribution in [2.75, 3.05) is 141 Å². The summed E-state index contributed by atoms with van der Waals surface area (Å²) in [5, 5.41) is 12.3. The summed E-state index contributed by atoms with van der Waals surface area (Å²) >= 11 is 6.53. The average molecular weight is 1300 g/mol. The monoisotopic (exact) mass is 1300 g/mol. The Balaban J connectivity index is 0.641. The standard InChI is InChI=1S/C64H82ClN9O18/c1-42(2)55(70-51(76)15-22-85-24-26-87-28-30-89-32-33-90-31-29-88-27-25-86-23-21-73-52(77)13-14-53(73)78)57(80)69-48(8-5-16-67-59(66)82)56(79)68-45-11-9-43(10-12-45)37-91-60(83)71-17-19-72(20-18-71)61(84)92-50-34-49-54(47-7-4-3-6-46(47)50)44(35-65)36-74(49)58(81)63-38-62(41-75)39-64(62,63)40-63/h3-4,6-7,9-14,34,41-42,44,48,55H,5,8,15-33,35-40H2,1-2H3,(H,68,79)(H,69,80)(H,70,76)(H3,66,67,82). The Morgan fingerprint density at radius 3 is 1.87 bits per heavy atom. The number of fused-ring (bicyclic) bond motifs is 3. The number of urea groups is 1. The molecule has 3 aliphatic heterocycles. The Bertz CT molecular complexity index is 3200. The first-order chi connectivity index (χ1) is 44.4. The van der Waals surface area contributed by atoms with Gasteiger partial charge >= 0.3 is 18.2 Å². The molecule has 3 heterocycles. The predicted octanol–water partition coefficient (Wildman–Crippen LogP) is 3.76. The molecule has 0 radical (unpaired) electrons. The number of carbonyl (C=O) groups is 10. The number of nitrogens with two attached hydrogens (primary N) is 1. The van der Waals surface area contributed by atoms with Crippen LogP contribution in [0, 0.1) is 22.2 Å². The van der Waals surface area contributed by atoms with Crippen molar-refractivity contribution < 1.29 is 85.8 Å². The Morgan fingerprint density at radius 1 is 0.717 bits per heavy atom. The molecule has 1 saturated heterocycles. The highest BCUT2D eigenvalue weighted by molar-refractivity contribution is 6.19. The van der Waals surface area contributed by atoms with E-state index < -0.39 is 53.4 Å². The number of piperazine rings is 1. The fourth-order valence-corrected chi connectivity index (χ4v) is 13.0. The first-order valence-corrected chi connectivity index (χ1v) is 31.8. The van der Waals surface area contributed by atoms with Crippen LogP contribution < -0.4 is 36.6 Å². The minimum atomic E-state index is -1.08. The van der Waals surface area contributed by atoms with Crippen LogP contribution in [0.15, 0.2) is 66.7 Å². The zero-order chi connectivity index (χ0) is 65.4. The van der Waals surface area contributed by atoms with Gasteiger partial charge in [0.15, 0.2) is 0 Å². The number of anilines is 2. The number of amides is 10. The predicted molar refractivity (Wildman–Crippen MR) is 332 cm³/mol. The van der Waals surface area contributed by atoms with Crippen LogP contribution in [0.3, 0.4) is 0 Å². The number of ether oxygens (including phenoxy) is 8. The van der Waals surface area contributed by atoms with Crippen LogP contribution in [0.2, 0.25) is 0 Å². The molecule has 27 nitrogen and oxygen atoms in total. The molecule has 3 aromatic carbocycles. The van der Waals surface area contributed by atoms with Crippen molar-refractivity contribution in [3.05, 3.63) is 77.9 Å². The quantitative estimate of drug-likeness (QED) is 0.0237. The van der Waals surface area contributed by atoms with Gasteiger partial charge in [0.25, 0.3) is 11.8 Å². The number of hydrogen-bond acceptors (Lipinski definition) is 18. The number of halogens is 1. The SMILES string of the molecule is CC(C)C(NC(=O)CCOCCOCCOCCOCCOCCOCCN1C(=O)C=CC1=O)C(=O)NC(CCCNC(N)=O)C(=O)Nc1ccc(COC(=O)N2CCN(C(=O)Oc3cc4c(c5ccccc35)C(CCl)CN4C(=O)C34CC5(C=O)CC53C4)CC2)cc1. The van der Waals surface area contributed by atoms with Gasteiger partial charge in [-0.1, -0.05) is 50.2 Å². The van der Waals surface area contributed by atoms with Crippen LogP contribution in [0.25, 0.3) is 10.8 Å². The van der Waals surface area contributed by atoms with Crippen molar-refractivity contribution in [3.63, 3.8) is 0 Å². The average Bonchev–Trinajstić information content (AvgIpc) is 1.40. The number of alkyl halides is 1. The summed E-state index contributed by atoms with van der Waals surface area (Å²) in [4.78, 5) is 134. The third-order valence-electron chi connectivity index (χ3n) is 17.8. The Kier molecular flexibility index (Phi) is 23.6. The maximum absolute atomic E-state index is 14.3. The molecule has 498 valence electrons. The highest BCUT2D eigenvalue weighted by Gasteiger charge is 2.99. The molecule has 6 unspecified atom stereocenters. The number of primary amides is 1. The molecule has 9 rings (SSSR count). The van der Waals surface area contributed by atoms with E-state index in [0.29, 0.717) is 99.8 Å². The third-order valence-corrected chi connectivity index (χ3v) is 18.2. The van der Waals surface area contributed by atoms with Crippen LogP contribution in [-0.2, 0) is 73.3 Å². The van der Waals surface area contributed by atoms with E-state index in [9.17, 15) is 47.9 Å². The van der Waals surface area contributed by atoms with E-state index >= 15 is 0 Å². The Labute approximate surface area is 537 Å². The van der Waals surface area contributed by atoms with Crippen LogP contribution in [0.5, 0.6) is 5.75 Å². The number of carbonyl (C=O) groups excluding carboxylic acids is 10. The van der Waals surface area contributed by atoms with Gasteiger partial charge in [-0.25, -0.2) is 14.4 Å². The summed E-state index contributed by atoms with van der Waals surface area (Å²) in [6.45, 7) is 8.44. The molecule has 28 heteroatoms. The third kappa shape index (κ3) is 16.3. The maximum Gasteiger partial charge on any atom is 0.415 e. The van der Waals surface area contributed by atoms with E-state index in [0.717, 1.165) is 35.0 Å². The lowest BCUT2D eigenvalue weighted by Crippen LogP contribution is -2.54. The highest BCUT2D eigenvalue weighted by Crippen LogP contribution is 3.00. The number of hydrogen-bond donors (Lipinski definition) is 5. The molecular weight excluding hydrogens is 1220 g/mol. The number of nitrogens with zero attached hydrogens (tertiary/aromatic N) is 4. The van der Waals surface area contributed by atoms with Crippen LogP contribution in [0.4, 0.5) is 25.8 Å². The summed E-state index contributed by atoms with van der Waals surface area (Å²) in [5.74, 6) is -2.16. The molecule has 1 spiro atoms. The van der Waals surface area contributed by atoms with Crippen molar-refractivity contribution >= 4 is 93.7 Å². The lowest BCUT2D eigenvalue weighted by atomic mass is 9.74. The molecule has 10 amide bonds. The zero-order valence-corrected chi connectivity index (χ0v) is 52.7. The van der Waals surface area contributed by atoms with E-state index in [4.69, 9.17) is 55.2 Å². The van der Waals surface area contributed by atoms with E-state index in [1.807, 2.05) is 24.3 Å². The van der Waals surface area contributed by atoms with Gasteiger partial charge in [0, 0.05) is 92.2 Å². The lowest BCUT2D eigenvalue weighted by Gasteiger charge is -2.34. The van der Waals surface area contributed by atoms with Gasteiger partial charge in [-0.05, 0) is 72.1 Å². The Hall–Kier alpha value is -7.79. The van der Waals surface area contributed by atoms with Gasteiger partial charge in [-0.3, -0.25) is 33.7 Å². The summed E-state index contributed by atoms with van der Waals surface area (Å²) in [6, 6.07) is 13.1. The first-order valence-electron chi connectivity index (χ1n) is 31.2. The van der Waals surface area contributed by atoms with E-state index in [-0.39, 0.29) is 132 Å². The summed E-state index contributed by atoms with van der Waals surface area (Å²) < 4.78 is 44.6. The van der Waals surface area contributed by atoms with Crippen molar-refractivity contribution in [1.29, 1.82) is 0 Å². The van der Waals surface area contributed by atoms with Crippen molar-refractivity contribution in [2.45, 2.75) is 77.0 Å². The molecule has 3 aromatic rings. The number of imide groups is 1. The fourth-order valence-electron chi connectivity index (χ4n) is 12.8. The fraction of sp³-hybridized carbons (Fsp3) is 0.562. The molecule has 4 fully saturated rings. The minimum absolute atomic E-state index is 0.00466. The van der Waals surface area contributed by atoms with Gasteiger partial charge in [0.1, 0.15) is 30.7 Å². The minimum Gasteiger partial charge on any atom is -0.445 e. The second-order valence-corrected chi connectivity index (χ2v) is 24.3. The molecule has 3 aliphatic carbocycles. The van der Waals surface area contributed by atoms with Gasteiger partial charge in [-0.15, -0.1) is 11.6 Å².